The Kier molecular flexibility index (Phi) is 4.12. The van der Waals surface area contributed by atoms with Gasteiger partial charge in [-0.1, -0.05) is 0 Å². The summed E-state index contributed by atoms with van der Waals surface area (Å²) in [5.74, 6) is 2.75. The van der Waals surface area contributed by atoms with E-state index < -0.39 is 0 Å². The Hall–Kier alpha value is -3.61. The zero-order valence-electron chi connectivity index (χ0n) is 15.4. The summed E-state index contributed by atoms with van der Waals surface area (Å²) in [6, 6.07) is 11.7. The van der Waals surface area contributed by atoms with Crippen molar-refractivity contribution in [3.8, 4) is 28.3 Å². The summed E-state index contributed by atoms with van der Waals surface area (Å²) in [7, 11) is 5.56. The number of hydrogen-bond donors (Lipinski definition) is 2. The highest BCUT2D eigenvalue weighted by Gasteiger charge is 2.12. The monoisotopic (exact) mass is 360 g/mol. The predicted octanol–water partition coefficient (Wildman–Crippen LogP) is 3.34. The molecule has 7 heteroatoms. The first kappa shape index (κ1) is 16.8. The molecule has 4 rings (SSSR count). The molecule has 3 heterocycles. The number of H-pyrrole nitrogens is 1. The summed E-state index contributed by atoms with van der Waals surface area (Å²) in [6.07, 6.45) is 3.58. The van der Waals surface area contributed by atoms with E-state index in [4.69, 9.17) is 10.5 Å². The van der Waals surface area contributed by atoms with Crippen molar-refractivity contribution in [1.29, 1.82) is 0 Å². The first-order valence-electron chi connectivity index (χ1n) is 8.48. The van der Waals surface area contributed by atoms with Gasteiger partial charge in [0.1, 0.15) is 23.2 Å². The second-order valence-electron chi connectivity index (χ2n) is 6.42. The highest BCUT2D eigenvalue weighted by atomic mass is 16.5. The van der Waals surface area contributed by atoms with Gasteiger partial charge in [0.15, 0.2) is 0 Å². The van der Waals surface area contributed by atoms with Gasteiger partial charge in [-0.25, -0.2) is 15.0 Å². The van der Waals surface area contributed by atoms with Crippen LogP contribution in [0.1, 0.15) is 0 Å². The molecule has 0 fully saturated rings. The fourth-order valence-corrected chi connectivity index (χ4v) is 2.89. The smallest absolute Gasteiger partial charge is 0.142 e. The normalized spacial score (nSPS) is 10.9. The topological polar surface area (TPSA) is 92.9 Å². The lowest BCUT2D eigenvalue weighted by atomic mass is 10.1. The molecule has 0 aliphatic heterocycles. The van der Waals surface area contributed by atoms with Gasteiger partial charge in [-0.2, -0.15) is 0 Å². The van der Waals surface area contributed by atoms with Crippen LogP contribution in [-0.2, 0) is 0 Å². The summed E-state index contributed by atoms with van der Waals surface area (Å²) < 4.78 is 5.27. The number of nitrogens with zero attached hydrogens (tertiary/aromatic N) is 4. The zero-order valence-corrected chi connectivity index (χ0v) is 15.4. The third kappa shape index (κ3) is 3.15. The van der Waals surface area contributed by atoms with Crippen LogP contribution >= 0.6 is 0 Å². The van der Waals surface area contributed by atoms with Crippen LogP contribution in [-0.4, -0.2) is 41.1 Å². The molecule has 0 aliphatic carbocycles. The van der Waals surface area contributed by atoms with Crippen LogP contribution in [0.25, 0.3) is 33.5 Å². The number of aromatic amines is 1. The molecule has 4 aromatic rings. The minimum absolute atomic E-state index is 0.419. The molecule has 27 heavy (non-hydrogen) atoms. The van der Waals surface area contributed by atoms with E-state index in [2.05, 4.69) is 19.9 Å². The van der Waals surface area contributed by atoms with Crippen molar-refractivity contribution in [2.75, 3.05) is 31.8 Å². The third-order valence-corrected chi connectivity index (χ3v) is 4.40. The number of aromatic nitrogens is 4. The number of nitrogen functional groups attached to an aromatic ring is 1. The standard InChI is InChI=1S/C20H20N6O/c1-26(2)18-7-4-12(10-22-18)13-8-15(19(21)23-11-13)20-24-16-6-5-14(27-3)9-17(16)25-20/h4-11H,1-3H3,(H2,21,23)(H,24,25). The highest BCUT2D eigenvalue weighted by Crippen LogP contribution is 2.30. The number of pyridine rings is 2. The second-order valence-corrected chi connectivity index (χ2v) is 6.42. The van der Waals surface area contributed by atoms with Gasteiger partial charge in [0.05, 0.1) is 23.7 Å². The molecule has 0 spiro atoms. The van der Waals surface area contributed by atoms with Crippen molar-refractivity contribution in [2.45, 2.75) is 0 Å². The van der Waals surface area contributed by atoms with Crippen LogP contribution in [0.4, 0.5) is 11.6 Å². The van der Waals surface area contributed by atoms with E-state index in [1.54, 1.807) is 13.3 Å². The molecule has 0 saturated carbocycles. The quantitative estimate of drug-likeness (QED) is 0.580. The van der Waals surface area contributed by atoms with Crippen LogP contribution in [0.5, 0.6) is 5.75 Å². The van der Waals surface area contributed by atoms with Gasteiger partial charge in [0, 0.05) is 43.7 Å². The number of ether oxygens (including phenoxy) is 1. The van der Waals surface area contributed by atoms with E-state index in [-0.39, 0.29) is 0 Å². The van der Waals surface area contributed by atoms with Gasteiger partial charge in [-0.15, -0.1) is 0 Å². The predicted molar refractivity (Wildman–Crippen MR) is 108 cm³/mol. The molecular weight excluding hydrogens is 340 g/mol. The molecular formula is C20H20N6O. The van der Waals surface area contributed by atoms with Crippen LogP contribution in [0, 0.1) is 0 Å². The Balaban J connectivity index is 1.76. The van der Waals surface area contributed by atoms with Crippen molar-refractivity contribution < 1.29 is 4.74 Å². The molecule has 3 N–H and O–H groups in total. The molecule has 1 aromatic carbocycles. The van der Waals surface area contributed by atoms with E-state index >= 15 is 0 Å². The van der Waals surface area contributed by atoms with Crippen LogP contribution in [0.15, 0.2) is 48.8 Å². The number of nitrogens with two attached hydrogens (primary N) is 1. The zero-order chi connectivity index (χ0) is 19.0. The summed E-state index contributed by atoms with van der Waals surface area (Å²) in [5.41, 5.74) is 10.5. The van der Waals surface area contributed by atoms with Gasteiger partial charge >= 0.3 is 0 Å². The molecule has 7 nitrogen and oxygen atoms in total. The average Bonchev–Trinajstić information content (AvgIpc) is 3.11. The maximum absolute atomic E-state index is 6.12. The number of fused-ring (bicyclic) bond motifs is 1. The molecule has 0 radical (unpaired) electrons. The van der Waals surface area contributed by atoms with Gasteiger partial charge in [-0.05, 0) is 30.3 Å². The molecule has 0 atom stereocenters. The lowest BCUT2D eigenvalue weighted by Gasteiger charge is -2.11. The summed E-state index contributed by atoms with van der Waals surface area (Å²) >= 11 is 0. The van der Waals surface area contributed by atoms with E-state index in [0.29, 0.717) is 11.6 Å². The number of nitrogens with one attached hydrogen (secondary N) is 1. The first-order chi connectivity index (χ1) is 13.0. The summed E-state index contributed by atoms with van der Waals surface area (Å²) in [4.78, 5) is 18.7. The van der Waals surface area contributed by atoms with Crippen LogP contribution < -0.4 is 15.4 Å². The number of benzene rings is 1. The van der Waals surface area contributed by atoms with Crippen molar-refractivity contribution in [3.63, 3.8) is 0 Å². The highest BCUT2D eigenvalue weighted by molar-refractivity contribution is 5.84. The number of anilines is 2. The third-order valence-electron chi connectivity index (χ3n) is 4.40. The Morgan fingerprint density at radius 3 is 2.52 bits per heavy atom. The summed E-state index contributed by atoms with van der Waals surface area (Å²) in [6.45, 7) is 0. The minimum Gasteiger partial charge on any atom is -0.497 e. The molecule has 136 valence electrons. The Morgan fingerprint density at radius 2 is 1.81 bits per heavy atom. The fraction of sp³-hybridized carbons (Fsp3) is 0.150. The Morgan fingerprint density at radius 1 is 1.00 bits per heavy atom. The fourth-order valence-electron chi connectivity index (χ4n) is 2.89. The number of rotatable bonds is 4. The number of hydrogen-bond acceptors (Lipinski definition) is 6. The molecule has 3 aromatic heterocycles. The van der Waals surface area contributed by atoms with Crippen molar-refractivity contribution in [3.05, 3.63) is 48.8 Å². The van der Waals surface area contributed by atoms with Crippen molar-refractivity contribution in [2.24, 2.45) is 0 Å². The molecule has 0 saturated heterocycles. The van der Waals surface area contributed by atoms with Gasteiger partial charge < -0.3 is 20.4 Å². The SMILES string of the molecule is COc1ccc2nc(-c3cc(-c4ccc(N(C)C)nc4)cnc3N)[nH]c2c1. The van der Waals surface area contributed by atoms with Crippen LogP contribution in [0.3, 0.4) is 0 Å². The molecule has 0 bridgehead atoms. The van der Waals surface area contributed by atoms with E-state index in [1.165, 1.54) is 0 Å². The number of imidazole rings is 1. The maximum atomic E-state index is 6.12. The summed E-state index contributed by atoms with van der Waals surface area (Å²) in [5, 5.41) is 0. The number of methoxy groups -OCH3 is 1. The van der Waals surface area contributed by atoms with Crippen LogP contribution in [0.2, 0.25) is 0 Å². The first-order valence-corrected chi connectivity index (χ1v) is 8.48. The maximum Gasteiger partial charge on any atom is 0.142 e. The van der Waals surface area contributed by atoms with E-state index in [9.17, 15) is 0 Å². The molecule has 0 amide bonds. The second kappa shape index (κ2) is 6.60. The van der Waals surface area contributed by atoms with Crippen molar-refractivity contribution in [1.82, 2.24) is 19.9 Å². The average molecular weight is 360 g/mol. The van der Waals surface area contributed by atoms with E-state index in [1.807, 2.05) is 61.6 Å². The molecule has 0 unspecified atom stereocenters. The van der Waals surface area contributed by atoms with Gasteiger partial charge in [0.25, 0.3) is 0 Å². The Labute approximate surface area is 156 Å². The van der Waals surface area contributed by atoms with Gasteiger partial charge in [-0.3, -0.25) is 0 Å². The lowest BCUT2D eigenvalue weighted by Crippen LogP contribution is -2.10. The minimum atomic E-state index is 0.419. The lowest BCUT2D eigenvalue weighted by molar-refractivity contribution is 0.415. The van der Waals surface area contributed by atoms with Gasteiger partial charge in [0.2, 0.25) is 0 Å². The molecule has 0 aliphatic rings. The largest absolute Gasteiger partial charge is 0.497 e. The van der Waals surface area contributed by atoms with E-state index in [0.717, 1.165) is 39.3 Å². The Bertz CT molecular complexity index is 1100. The van der Waals surface area contributed by atoms with Crippen molar-refractivity contribution >= 4 is 22.7 Å².